The minimum atomic E-state index is -3.61. The molecule has 0 unspecified atom stereocenters. The molecule has 0 aliphatic carbocycles. The molecule has 0 amide bonds. The third kappa shape index (κ3) is 3.45. The Balaban J connectivity index is 2.25. The molecule has 6 heteroatoms. The van der Waals surface area contributed by atoms with Crippen molar-refractivity contribution < 1.29 is 8.42 Å². The Hall–Kier alpha value is -1.37. The number of nitrogens with two attached hydrogens (primary N) is 1. The Kier molecular flexibility index (Phi) is 4.70. The van der Waals surface area contributed by atoms with E-state index < -0.39 is 10.0 Å². The van der Waals surface area contributed by atoms with Crippen molar-refractivity contribution in [2.24, 2.45) is 0 Å². The number of sulfonamides is 1. The molecule has 0 fully saturated rings. The molecule has 0 radical (unpaired) electrons. The summed E-state index contributed by atoms with van der Waals surface area (Å²) in [6.45, 7) is 6.03. The van der Waals surface area contributed by atoms with Crippen LogP contribution in [0.5, 0.6) is 0 Å². The predicted molar refractivity (Wildman–Crippen MR) is 88.1 cm³/mol. The predicted octanol–water partition coefficient (Wildman–Crippen LogP) is 2.99. The SMILES string of the molecule is CCc1ccc(CNS(=O)(=O)c2c(N)ccc(C)c2C)s1. The van der Waals surface area contributed by atoms with Gasteiger partial charge in [-0.2, -0.15) is 0 Å². The van der Waals surface area contributed by atoms with Gasteiger partial charge < -0.3 is 5.73 Å². The molecule has 21 heavy (non-hydrogen) atoms. The lowest BCUT2D eigenvalue weighted by molar-refractivity contribution is 0.581. The van der Waals surface area contributed by atoms with Gasteiger partial charge in [-0.05, 0) is 49.6 Å². The van der Waals surface area contributed by atoms with E-state index in [1.165, 1.54) is 4.88 Å². The summed E-state index contributed by atoms with van der Waals surface area (Å²) in [5.74, 6) is 0. The molecule has 0 spiro atoms. The number of nitrogens with one attached hydrogen (secondary N) is 1. The Bertz CT molecular complexity index is 749. The molecule has 2 rings (SSSR count). The topological polar surface area (TPSA) is 72.2 Å². The molecular weight excluding hydrogens is 304 g/mol. The van der Waals surface area contributed by atoms with E-state index in [0.717, 1.165) is 16.9 Å². The van der Waals surface area contributed by atoms with E-state index in [4.69, 9.17) is 5.73 Å². The van der Waals surface area contributed by atoms with Gasteiger partial charge in [0.05, 0.1) is 5.69 Å². The average molecular weight is 324 g/mol. The van der Waals surface area contributed by atoms with Crippen LogP contribution in [-0.2, 0) is 23.0 Å². The van der Waals surface area contributed by atoms with Crippen LogP contribution in [0.25, 0.3) is 0 Å². The van der Waals surface area contributed by atoms with Gasteiger partial charge in [-0.1, -0.05) is 13.0 Å². The van der Waals surface area contributed by atoms with Gasteiger partial charge in [0.15, 0.2) is 0 Å². The molecule has 0 bridgehead atoms. The minimum absolute atomic E-state index is 0.190. The minimum Gasteiger partial charge on any atom is -0.398 e. The second-order valence-corrected chi connectivity index (χ2v) is 7.93. The summed E-state index contributed by atoms with van der Waals surface area (Å²) in [6, 6.07) is 7.45. The molecule has 0 saturated heterocycles. The number of rotatable bonds is 5. The zero-order valence-corrected chi connectivity index (χ0v) is 14.1. The number of anilines is 1. The lowest BCUT2D eigenvalue weighted by atomic mass is 10.1. The van der Waals surface area contributed by atoms with Crippen LogP contribution in [0.3, 0.4) is 0 Å². The standard InChI is InChI=1S/C15H20N2O2S2/c1-4-12-6-7-13(20-12)9-17-21(18,19)15-11(3)10(2)5-8-14(15)16/h5-8,17H,4,9,16H2,1-3H3. The van der Waals surface area contributed by atoms with Crippen LogP contribution in [0, 0.1) is 13.8 Å². The summed E-state index contributed by atoms with van der Waals surface area (Å²) < 4.78 is 27.6. The van der Waals surface area contributed by atoms with Crippen molar-refractivity contribution in [3.63, 3.8) is 0 Å². The van der Waals surface area contributed by atoms with E-state index in [-0.39, 0.29) is 10.6 Å². The summed E-state index contributed by atoms with van der Waals surface area (Å²) in [4.78, 5) is 2.43. The van der Waals surface area contributed by atoms with Crippen LogP contribution in [0.2, 0.25) is 0 Å². The normalized spacial score (nSPS) is 11.8. The first kappa shape index (κ1) is 16.0. The number of hydrogen-bond acceptors (Lipinski definition) is 4. The molecule has 0 saturated carbocycles. The lowest BCUT2D eigenvalue weighted by Gasteiger charge is -2.13. The molecule has 1 aromatic heterocycles. The quantitative estimate of drug-likeness (QED) is 0.831. The van der Waals surface area contributed by atoms with Gasteiger partial charge in [0.1, 0.15) is 4.90 Å². The first-order valence-corrected chi connectivity index (χ1v) is 9.08. The number of nitrogen functional groups attached to an aromatic ring is 1. The van der Waals surface area contributed by atoms with Crippen molar-refractivity contribution >= 4 is 27.0 Å². The Morgan fingerprint density at radius 3 is 2.43 bits per heavy atom. The molecule has 2 aromatic rings. The number of hydrogen-bond donors (Lipinski definition) is 2. The van der Waals surface area contributed by atoms with Gasteiger partial charge in [0.2, 0.25) is 10.0 Å². The molecule has 4 nitrogen and oxygen atoms in total. The summed E-state index contributed by atoms with van der Waals surface area (Å²) in [5.41, 5.74) is 7.75. The summed E-state index contributed by atoms with van der Waals surface area (Å²) in [5, 5.41) is 0. The van der Waals surface area contributed by atoms with E-state index >= 15 is 0 Å². The van der Waals surface area contributed by atoms with Crippen LogP contribution < -0.4 is 10.5 Å². The van der Waals surface area contributed by atoms with Crippen LogP contribution in [-0.4, -0.2) is 8.42 Å². The van der Waals surface area contributed by atoms with E-state index in [1.807, 2.05) is 25.1 Å². The van der Waals surface area contributed by atoms with Gasteiger partial charge in [-0.25, -0.2) is 13.1 Å². The van der Waals surface area contributed by atoms with Gasteiger partial charge in [-0.15, -0.1) is 11.3 Å². The Labute approximate surface area is 130 Å². The first-order chi connectivity index (χ1) is 9.85. The summed E-state index contributed by atoms with van der Waals surface area (Å²) in [7, 11) is -3.61. The van der Waals surface area contributed by atoms with Crippen LogP contribution in [0.1, 0.15) is 27.8 Å². The highest BCUT2D eigenvalue weighted by molar-refractivity contribution is 7.89. The molecule has 1 aromatic carbocycles. The number of thiophene rings is 1. The van der Waals surface area contributed by atoms with Gasteiger partial charge in [0.25, 0.3) is 0 Å². The fourth-order valence-electron chi connectivity index (χ4n) is 2.11. The van der Waals surface area contributed by atoms with Gasteiger partial charge in [-0.3, -0.25) is 0 Å². The monoisotopic (exact) mass is 324 g/mol. The molecule has 1 heterocycles. The van der Waals surface area contributed by atoms with Crippen molar-refractivity contribution in [1.82, 2.24) is 4.72 Å². The molecule has 0 atom stereocenters. The van der Waals surface area contributed by atoms with Crippen LogP contribution in [0.15, 0.2) is 29.2 Å². The van der Waals surface area contributed by atoms with Gasteiger partial charge >= 0.3 is 0 Å². The maximum absolute atomic E-state index is 12.5. The van der Waals surface area contributed by atoms with E-state index in [1.54, 1.807) is 24.3 Å². The van der Waals surface area contributed by atoms with Crippen molar-refractivity contribution in [2.45, 2.75) is 38.6 Å². The fourth-order valence-corrected chi connectivity index (χ4v) is 4.53. The van der Waals surface area contributed by atoms with Crippen LogP contribution in [0.4, 0.5) is 5.69 Å². The third-order valence-electron chi connectivity index (χ3n) is 3.48. The molecule has 0 aliphatic rings. The van der Waals surface area contributed by atoms with E-state index in [2.05, 4.69) is 11.6 Å². The first-order valence-electron chi connectivity index (χ1n) is 6.78. The molecular formula is C15H20N2O2S2. The van der Waals surface area contributed by atoms with Crippen molar-refractivity contribution in [3.05, 3.63) is 45.1 Å². The summed E-state index contributed by atoms with van der Waals surface area (Å²) in [6.07, 6.45) is 0.960. The van der Waals surface area contributed by atoms with Gasteiger partial charge in [0, 0.05) is 16.3 Å². The third-order valence-corrected chi connectivity index (χ3v) is 6.31. The van der Waals surface area contributed by atoms with Crippen molar-refractivity contribution in [2.75, 3.05) is 5.73 Å². The second-order valence-electron chi connectivity index (χ2n) is 4.97. The summed E-state index contributed by atoms with van der Waals surface area (Å²) >= 11 is 1.62. The fraction of sp³-hybridized carbons (Fsp3) is 0.333. The Morgan fingerprint density at radius 1 is 1.14 bits per heavy atom. The molecule has 114 valence electrons. The molecule has 0 aliphatic heterocycles. The van der Waals surface area contributed by atoms with E-state index in [9.17, 15) is 8.42 Å². The van der Waals surface area contributed by atoms with E-state index in [0.29, 0.717) is 12.1 Å². The average Bonchev–Trinajstić information content (AvgIpc) is 2.89. The second kappa shape index (κ2) is 6.17. The maximum atomic E-state index is 12.5. The molecule has 3 N–H and O–H groups in total. The highest BCUT2D eigenvalue weighted by Crippen LogP contribution is 2.25. The van der Waals surface area contributed by atoms with Crippen LogP contribution >= 0.6 is 11.3 Å². The van der Waals surface area contributed by atoms with Crippen molar-refractivity contribution in [1.29, 1.82) is 0 Å². The maximum Gasteiger partial charge on any atom is 0.243 e. The largest absolute Gasteiger partial charge is 0.398 e. The number of aryl methyl sites for hydroxylation is 2. The highest BCUT2D eigenvalue weighted by Gasteiger charge is 2.21. The lowest BCUT2D eigenvalue weighted by Crippen LogP contribution is -2.25. The smallest absolute Gasteiger partial charge is 0.243 e. The highest BCUT2D eigenvalue weighted by atomic mass is 32.2. The Morgan fingerprint density at radius 2 is 1.81 bits per heavy atom. The zero-order valence-electron chi connectivity index (χ0n) is 12.4. The van der Waals surface area contributed by atoms with Crippen molar-refractivity contribution in [3.8, 4) is 0 Å². The zero-order chi connectivity index (χ0) is 15.6. The number of benzene rings is 1.